The Morgan fingerprint density at radius 2 is 2.06 bits per heavy atom. The second-order valence-corrected chi connectivity index (χ2v) is 4.40. The highest BCUT2D eigenvalue weighted by molar-refractivity contribution is 5.77. The molecule has 0 saturated heterocycles. The van der Waals surface area contributed by atoms with E-state index in [9.17, 15) is 4.79 Å². The van der Waals surface area contributed by atoms with Crippen LogP contribution in [0.15, 0.2) is 24.3 Å². The Morgan fingerprint density at radius 1 is 1.33 bits per heavy atom. The third-order valence-electron chi connectivity index (χ3n) is 2.94. The van der Waals surface area contributed by atoms with E-state index in [0.29, 0.717) is 6.54 Å². The van der Waals surface area contributed by atoms with Crippen LogP contribution in [0.25, 0.3) is 0 Å². The third kappa shape index (κ3) is 4.75. The van der Waals surface area contributed by atoms with E-state index in [1.165, 1.54) is 0 Å². The van der Waals surface area contributed by atoms with E-state index in [4.69, 9.17) is 5.73 Å². The monoisotopic (exact) mass is 249 g/mol. The van der Waals surface area contributed by atoms with Crippen LogP contribution in [0.1, 0.15) is 18.9 Å². The van der Waals surface area contributed by atoms with Crippen molar-refractivity contribution in [1.82, 2.24) is 10.2 Å². The lowest BCUT2D eigenvalue weighted by Crippen LogP contribution is -2.37. The number of hydrogen-bond donors (Lipinski definition) is 2. The van der Waals surface area contributed by atoms with Gasteiger partial charge in [-0.25, -0.2) is 0 Å². The maximum Gasteiger partial charge on any atom is 0.233 e. The summed E-state index contributed by atoms with van der Waals surface area (Å²) in [5.74, 6) is 0.0597. The molecule has 0 fully saturated rings. The molecule has 0 radical (unpaired) electrons. The molecule has 100 valence electrons. The van der Waals surface area contributed by atoms with Gasteiger partial charge in [-0.2, -0.15) is 0 Å². The van der Waals surface area contributed by atoms with Crippen molar-refractivity contribution in [2.24, 2.45) is 0 Å². The number of rotatable bonds is 7. The molecule has 0 aliphatic rings. The molecular weight excluding hydrogens is 226 g/mol. The number of carbonyl (C=O) groups is 1. The van der Waals surface area contributed by atoms with Crippen LogP contribution < -0.4 is 11.1 Å². The molecule has 0 atom stereocenters. The minimum atomic E-state index is 0.0597. The number of para-hydroxylation sites is 1. The third-order valence-corrected chi connectivity index (χ3v) is 2.94. The van der Waals surface area contributed by atoms with Gasteiger partial charge in [-0.1, -0.05) is 25.1 Å². The molecule has 0 unspecified atom stereocenters. The second kappa shape index (κ2) is 7.71. The van der Waals surface area contributed by atoms with Crippen molar-refractivity contribution in [3.63, 3.8) is 0 Å². The first-order valence-corrected chi connectivity index (χ1v) is 6.43. The zero-order chi connectivity index (χ0) is 13.4. The summed E-state index contributed by atoms with van der Waals surface area (Å²) < 4.78 is 0. The van der Waals surface area contributed by atoms with Gasteiger partial charge in [0.15, 0.2) is 0 Å². The van der Waals surface area contributed by atoms with Crippen molar-refractivity contribution in [2.75, 3.05) is 32.4 Å². The summed E-state index contributed by atoms with van der Waals surface area (Å²) in [5, 5.41) is 2.66. The summed E-state index contributed by atoms with van der Waals surface area (Å²) in [4.78, 5) is 13.6. The van der Waals surface area contributed by atoms with Gasteiger partial charge in [-0.15, -0.1) is 0 Å². The van der Waals surface area contributed by atoms with Crippen molar-refractivity contribution in [3.05, 3.63) is 29.8 Å². The molecule has 1 aromatic carbocycles. The van der Waals surface area contributed by atoms with E-state index in [1.54, 1.807) is 7.05 Å². The summed E-state index contributed by atoms with van der Waals surface area (Å²) in [6.45, 7) is 4.36. The molecule has 0 heterocycles. The molecular formula is C14H23N3O. The number of nitrogens with zero attached hydrogens (tertiary/aromatic N) is 1. The van der Waals surface area contributed by atoms with Gasteiger partial charge in [0.25, 0.3) is 0 Å². The van der Waals surface area contributed by atoms with Gasteiger partial charge < -0.3 is 11.1 Å². The van der Waals surface area contributed by atoms with Crippen LogP contribution in [0, 0.1) is 0 Å². The van der Waals surface area contributed by atoms with Gasteiger partial charge in [-0.3, -0.25) is 9.69 Å². The van der Waals surface area contributed by atoms with Crippen molar-refractivity contribution >= 4 is 11.6 Å². The average molecular weight is 249 g/mol. The Balaban J connectivity index is 2.51. The first-order chi connectivity index (χ1) is 8.67. The Morgan fingerprint density at radius 3 is 2.67 bits per heavy atom. The number of carbonyl (C=O) groups excluding carboxylic acids is 1. The molecule has 0 saturated carbocycles. The minimum Gasteiger partial charge on any atom is -0.399 e. The molecule has 1 rings (SSSR count). The van der Waals surface area contributed by atoms with Gasteiger partial charge in [0.2, 0.25) is 5.91 Å². The molecule has 4 nitrogen and oxygen atoms in total. The lowest BCUT2D eigenvalue weighted by molar-refractivity contribution is -0.121. The van der Waals surface area contributed by atoms with Crippen LogP contribution in [0.4, 0.5) is 5.69 Å². The van der Waals surface area contributed by atoms with E-state index >= 15 is 0 Å². The van der Waals surface area contributed by atoms with Crippen LogP contribution >= 0.6 is 0 Å². The molecule has 0 aliphatic carbocycles. The zero-order valence-corrected chi connectivity index (χ0v) is 11.3. The predicted molar refractivity (Wildman–Crippen MR) is 75.4 cm³/mol. The smallest absolute Gasteiger partial charge is 0.233 e. The number of nitrogen functional groups attached to an aromatic ring is 1. The van der Waals surface area contributed by atoms with Crippen LogP contribution in [0.3, 0.4) is 0 Å². The average Bonchev–Trinajstić information content (AvgIpc) is 2.37. The largest absolute Gasteiger partial charge is 0.399 e. The van der Waals surface area contributed by atoms with E-state index < -0.39 is 0 Å². The Hall–Kier alpha value is -1.55. The van der Waals surface area contributed by atoms with Crippen molar-refractivity contribution < 1.29 is 4.79 Å². The SMILES string of the molecule is CCCN(CCc1ccccc1N)CC(=O)NC. The van der Waals surface area contributed by atoms with Crippen molar-refractivity contribution in [2.45, 2.75) is 19.8 Å². The summed E-state index contributed by atoms with van der Waals surface area (Å²) >= 11 is 0. The highest BCUT2D eigenvalue weighted by Crippen LogP contribution is 2.11. The number of nitrogens with two attached hydrogens (primary N) is 1. The van der Waals surface area contributed by atoms with Crippen LogP contribution in [-0.2, 0) is 11.2 Å². The summed E-state index contributed by atoms with van der Waals surface area (Å²) in [5.41, 5.74) is 7.89. The number of anilines is 1. The number of hydrogen-bond acceptors (Lipinski definition) is 3. The second-order valence-electron chi connectivity index (χ2n) is 4.40. The fourth-order valence-electron chi connectivity index (χ4n) is 1.91. The molecule has 0 aliphatic heterocycles. The molecule has 3 N–H and O–H groups in total. The summed E-state index contributed by atoms with van der Waals surface area (Å²) in [6.07, 6.45) is 1.92. The summed E-state index contributed by atoms with van der Waals surface area (Å²) in [6, 6.07) is 7.89. The lowest BCUT2D eigenvalue weighted by Gasteiger charge is -2.21. The predicted octanol–water partition coefficient (Wildman–Crippen LogP) is 1.27. The molecule has 0 aromatic heterocycles. The van der Waals surface area contributed by atoms with Gasteiger partial charge in [0.05, 0.1) is 6.54 Å². The van der Waals surface area contributed by atoms with Gasteiger partial charge >= 0.3 is 0 Å². The fraction of sp³-hybridized carbons (Fsp3) is 0.500. The van der Waals surface area contributed by atoms with Gasteiger partial charge in [-0.05, 0) is 31.0 Å². The Kier molecular flexibility index (Phi) is 6.22. The number of nitrogens with one attached hydrogen (secondary N) is 1. The molecule has 0 bridgehead atoms. The lowest BCUT2D eigenvalue weighted by atomic mass is 10.1. The van der Waals surface area contributed by atoms with Crippen molar-refractivity contribution in [1.29, 1.82) is 0 Å². The zero-order valence-electron chi connectivity index (χ0n) is 11.3. The molecule has 18 heavy (non-hydrogen) atoms. The normalized spacial score (nSPS) is 10.6. The topological polar surface area (TPSA) is 58.4 Å². The van der Waals surface area contributed by atoms with E-state index in [2.05, 4.69) is 17.1 Å². The van der Waals surface area contributed by atoms with Gasteiger partial charge in [0, 0.05) is 19.3 Å². The first-order valence-electron chi connectivity index (χ1n) is 6.43. The number of likely N-dealkylation sites (N-methyl/N-ethyl adjacent to an activating group) is 1. The highest BCUT2D eigenvalue weighted by atomic mass is 16.1. The minimum absolute atomic E-state index is 0.0597. The van der Waals surface area contributed by atoms with Crippen LogP contribution in [0.2, 0.25) is 0 Å². The highest BCUT2D eigenvalue weighted by Gasteiger charge is 2.09. The van der Waals surface area contributed by atoms with E-state index in [0.717, 1.165) is 37.2 Å². The van der Waals surface area contributed by atoms with E-state index in [1.807, 2.05) is 24.3 Å². The first kappa shape index (κ1) is 14.5. The fourth-order valence-corrected chi connectivity index (χ4v) is 1.91. The van der Waals surface area contributed by atoms with Crippen LogP contribution in [0.5, 0.6) is 0 Å². The number of amides is 1. The van der Waals surface area contributed by atoms with Crippen LogP contribution in [-0.4, -0.2) is 37.5 Å². The molecule has 1 amide bonds. The number of benzene rings is 1. The molecule has 0 spiro atoms. The summed E-state index contributed by atoms with van der Waals surface area (Å²) in [7, 11) is 1.67. The Labute approximate surface area is 109 Å². The molecule has 1 aromatic rings. The van der Waals surface area contributed by atoms with E-state index in [-0.39, 0.29) is 5.91 Å². The van der Waals surface area contributed by atoms with Crippen molar-refractivity contribution in [3.8, 4) is 0 Å². The standard InChI is InChI=1S/C14H23N3O/c1-3-9-17(11-14(18)16-2)10-8-12-6-4-5-7-13(12)15/h4-7H,3,8-11,15H2,1-2H3,(H,16,18). The Bertz CT molecular complexity index is 379. The quantitative estimate of drug-likeness (QED) is 0.715. The molecule has 4 heteroatoms. The maximum atomic E-state index is 11.4. The maximum absolute atomic E-state index is 11.4. The van der Waals surface area contributed by atoms with Gasteiger partial charge in [0.1, 0.15) is 0 Å².